The van der Waals surface area contributed by atoms with Gasteiger partial charge in [-0.15, -0.1) is 11.3 Å². The van der Waals surface area contributed by atoms with Gasteiger partial charge in [-0.3, -0.25) is 4.79 Å². The van der Waals surface area contributed by atoms with Crippen LogP contribution >= 0.6 is 11.3 Å². The molecule has 0 aliphatic heterocycles. The number of thiophene rings is 1. The molecule has 0 radical (unpaired) electrons. The Morgan fingerprint density at radius 2 is 1.95 bits per heavy atom. The van der Waals surface area contributed by atoms with Crippen LogP contribution in [0.3, 0.4) is 0 Å². The molecule has 0 unspecified atom stereocenters. The van der Waals surface area contributed by atoms with Gasteiger partial charge in [-0.2, -0.15) is 0 Å². The number of fused-ring (bicyclic) bond motifs is 1. The number of aryl methyl sites for hydroxylation is 2. The van der Waals surface area contributed by atoms with Crippen LogP contribution in [0.5, 0.6) is 0 Å². The third-order valence-corrected chi connectivity index (χ3v) is 4.65. The van der Waals surface area contributed by atoms with E-state index < -0.39 is 0 Å². The summed E-state index contributed by atoms with van der Waals surface area (Å²) >= 11 is 1.72. The number of carbonyl (C=O) groups is 1. The van der Waals surface area contributed by atoms with Crippen molar-refractivity contribution in [1.82, 2.24) is 5.32 Å². The van der Waals surface area contributed by atoms with Crippen LogP contribution in [0.2, 0.25) is 0 Å². The van der Waals surface area contributed by atoms with E-state index in [0.29, 0.717) is 6.54 Å². The molecule has 0 bridgehead atoms. The second kappa shape index (κ2) is 5.70. The van der Waals surface area contributed by atoms with E-state index in [9.17, 15) is 4.79 Å². The molecular formula is C18H17NOS. The highest BCUT2D eigenvalue weighted by Crippen LogP contribution is 2.25. The zero-order valence-corrected chi connectivity index (χ0v) is 13.0. The Bertz CT molecular complexity index is 804. The smallest absolute Gasteiger partial charge is 0.251 e. The Hall–Kier alpha value is -2.13. The summed E-state index contributed by atoms with van der Waals surface area (Å²) in [6, 6.07) is 14.2. The summed E-state index contributed by atoms with van der Waals surface area (Å²) in [5, 5.41) is 6.37. The number of amides is 1. The molecular weight excluding hydrogens is 278 g/mol. The SMILES string of the molecule is Cc1ccc(C)c(C(=O)NCc2csc3ccccc23)c1. The van der Waals surface area contributed by atoms with E-state index in [2.05, 4.69) is 22.8 Å². The first-order valence-corrected chi connectivity index (χ1v) is 7.83. The van der Waals surface area contributed by atoms with E-state index in [1.54, 1.807) is 11.3 Å². The third-order valence-electron chi connectivity index (χ3n) is 3.64. The van der Waals surface area contributed by atoms with E-state index >= 15 is 0 Å². The summed E-state index contributed by atoms with van der Waals surface area (Å²) in [5.41, 5.74) is 4.05. The van der Waals surface area contributed by atoms with Crippen LogP contribution < -0.4 is 5.32 Å². The van der Waals surface area contributed by atoms with Gasteiger partial charge in [0.05, 0.1) is 0 Å². The summed E-state index contributed by atoms with van der Waals surface area (Å²) in [7, 11) is 0. The number of carbonyl (C=O) groups excluding carboxylic acids is 1. The molecule has 21 heavy (non-hydrogen) atoms. The van der Waals surface area contributed by atoms with Crippen molar-refractivity contribution in [1.29, 1.82) is 0 Å². The summed E-state index contributed by atoms with van der Waals surface area (Å²) < 4.78 is 1.26. The molecule has 1 aromatic heterocycles. The van der Waals surface area contributed by atoms with E-state index in [1.165, 1.54) is 15.6 Å². The van der Waals surface area contributed by atoms with E-state index in [0.717, 1.165) is 16.7 Å². The quantitative estimate of drug-likeness (QED) is 0.760. The van der Waals surface area contributed by atoms with E-state index in [4.69, 9.17) is 0 Å². The van der Waals surface area contributed by atoms with Gasteiger partial charge in [0.15, 0.2) is 0 Å². The predicted octanol–water partition coefficient (Wildman–Crippen LogP) is 4.45. The summed E-state index contributed by atoms with van der Waals surface area (Å²) in [4.78, 5) is 12.3. The summed E-state index contributed by atoms with van der Waals surface area (Å²) in [6.45, 7) is 4.53. The van der Waals surface area contributed by atoms with E-state index in [-0.39, 0.29) is 5.91 Å². The highest BCUT2D eigenvalue weighted by Gasteiger charge is 2.10. The van der Waals surface area contributed by atoms with Gasteiger partial charge >= 0.3 is 0 Å². The minimum atomic E-state index is -0.00789. The van der Waals surface area contributed by atoms with Crippen molar-refractivity contribution in [2.45, 2.75) is 20.4 Å². The summed E-state index contributed by atoms with van der Waals surface area (Å²) in [6.07, 6.45) is 0. The molecule has 1 amide bonds. The molecule has 2 nitrogen and oxygen atoms in total. The van der Waals surface area contributed by atoms with Crippen LogP contribution in [-0.2, 0) is 6.54 Å². The maximum absolute atomic E-state index is 12.3. The molecule has 0 fully saturated rings. The van der Waals surface area contributed by atoms with Crippen molar-refractivity contribution in [2.24, 2.45) is 0 Å². The van der Waals surface area contributed by atoms with Gasteiger partial charge in [-0.25, -0.2) is 0 Å². The molecule has 0 saturated carbocycles. The molecule has 0 aliphatic carbocycles. The van der Waals surface area contributed by atoms with Crippen molar-refractivity contribution in [3.8, 4) is 0 Å². The van der Waals surface area contributed by atoms with Crippen molar-refractivity contribution in [3.05, 3.63) is 70.1 Å². The van der Waals surface area contributed by atoms with Gasteiger partial charge in [0.2, 0.25) is 0 Å². The Labute approximate surface area is 128 Å². The molecule has 0 aliphatic rings. The number of hydrogen-bond donors (Lipinski definition) is 1. The molecule has 1 N–H and O–H groups in total. The molecule has 2 aromatic carbocycles. The lowest BCUT2D eigenvalue weighted by molar-refractivity contribution is 0.0950. The number of nitrogens with one attached hydrogen (secondary N) is 1. The Balaban J connectivity index is 1.78. The minimum Gasteiger partial charge on any atom is -0.348 e. The zero-order valence-electron chi connectivity index (χ0n) is 12.1. The Kier molecular flexibility index (Phi) is 3.76. The van der Waals surface area contributed by atoms with Gasteiger partial charge in [-0.05, 0) is 47.9 Å². The van der Waals surface area contributed by atoms with Crippen molar-refractivity contribution < 1.29 is 4.79 Å². The lowest BCUT2D eigenvalue weighted by Gasteiger charge is -2.08. The van der Waals surface area contributed by atoms with Crippen LogP contribution in [0.1, 0.15) is 27.0 Å². The largest absolute Gasteiger partial charge is 0.348 e. The highest BCUT2D eigenvalue weighted by molar-refractivity contribution is 7.17. The molecule has 3 rings (SSSR count). The second-order valence-corrected chi connectivity index (χ2v) is 6.17. The van der Waals surface area contributed by atoms with Gasteiger partial charge in [0, 0.05) is 16.8 Å². The zero-order chi connectivity index (χ0) is 14.8. The normalized spacial score (nSPS) is 10.8. The van der Waals surface area contributed by atoms with Crippen LogP contribution in [0.25, 0.3) is 10.1 Å². The van der Waals surface area contributed by atoms with Gasteiger partial charge in [0.1, 0.15) is 0 Å². The molecule has 3 heteroatoms. The van der Waals surface area contributed by atoms with Crippen molar-refractivity contribution >= 4 is 27.3 Å². The maximum atomic E-state index is 12.3. The molecule has 0 saturated heterocycles. The van der Waals surface area contributed by atoms with Gasteiger partial charge < -0.3 is 5.32 Å². The second-order valence-electron chi connectivity index (χ2n) is 5.26. The first-order chi connectivity index (χ1) is 10.1. The first-order valence-electron chi connectivity index (χ1n) is 6.96. The topological polar surface area (TPSA) is 29.1 Å². The highest BCUT2D eigenvalue weighted by atomic mass is 32.1. The van der Waals surface area contributed by atoms with Crippen molar-refractivity contribution in [3.63, 3.8) is 0 Å². The monoisotopic (exact) mass is 295 g/mol. The van der Waals surface area contributed by atoms with Gasteiger partial charge in [0.25, 0.3) is 5.91 Å². The van der Waals surface area contributed by atoms with Crippen LogP contribution in [0, 0.1) is 13.8 Å². The number of rotatable bonds is 3. The van der Waals surface area contributed by atoms with Crippen LogP contribution in [0.15, 0.2) is 47.8 Å². The first kappa shape index (κ1) is 13.8. The minimum absolute atomic E-state index is 0.00789. The van der Waals surface area contributed by atoms with Crippen LogP contribution in [0.4, 0.5) is 0 Å². The van der Waals surface area contributed by atoms with Gasteiger partial charge in [-0.1, -0.05) is 35.9 Å². The fraction of sp³-hybridized carbons (Fsp3) is 0.167. The number of benzene rings is 2. The average molecular weight is 295 g/mol. The van der Waals surface area contributed by atoms with Crippen molar-refractivity contribution in [2.75, 3.05) is 0 Å². The fourth-order valence-corrected chi connectivity index (χ4v) is 3.38. The average Bonchev–Trinajstić information content (AvgIpc) is 2.90. The molecule has 0 atom stereocenters. The van der Waals surface area contributed by atoms with Crippen LogP contribution in [-0.4, -0.2) is 5.91 Å². The number of hydrogen-bond acceptors (Lipinski definition) is 2. The lowest BCUT2D eigenvalue weighted by Crippen LogP contribution is -2.23. The molecule has 1 heterocycles. The standard InChI is InChI=1S/C18H17NOS/c1-12-7-8-13(2)16(9-12)18(20)19-10-14-11-21-17-6-4-3-5-15(14)17/h3-9,11H,10H2,1-2H3,(H,19,20). The van der Waals surface area contributed by atoms with E-state index in [1.807, 2.05) is 44.2 Å². The molecule has 106 valence electrons. The molecule has 3 aromatic rings. The predicted molar refractivity (Wildman–Crippen MR) is 88.9 cm³/mol. The maximum Gasteiger partial charge on any atom is 0.251 e. The lowest BCUT2D eigenvalue weighted by atomic mass is 10.0. The Morgan fingerprint density at radius 3 is 2.81 bits per heavy atom. The Morgan fingerprint density at radius 1 is 1.14 bits per heavy atom. The fourth-order valence-electron chi connectivity index (χ4n) is 2.42. The molecule has 0 spiro atoms. The summed E-state index contributed by atoms with van der Waals surface area (Å²) in [5.74, 6) is -0.00789. The third kappa shape index (κ3) is 2.83.